The Balaban J connectivity index is 1.11. The van der Waals surface area contributed by atoms with Crippen molar-refractivity contribution >= 4 is 17.8 Å². The number of nitrogens with zero attached hydrogens (tertiary/aromatic N) is 3. The highest BCUT2D eigenvalue weighted by Gasteiger charge is 2.15. The Bertz CT molecular complexity index is 926. The van der Waals surface area contributed by atoms with E-state index in [1.807, 2.05) is 12.1 Å². The molecule has 10 nitrogen and oxygen atoms in total. The fraction of sp³-hybridized carbons (Fsp3) is 0.480. The zero-order valence-electron chi connectivity index (χ0n) is 19.9. The van der Waals surface area contributed by atoms with E-state index in [0.29, 0.717) is 31.3 Å². The molecular formula is C25H33N5O5. The van der Waals surface area contributed by atoms with E-state index in [9.17, 15) is 4.79 Å². The molecule has 188 valence electrons. The predicted octanol–water partition coefficient (Wildman–Crippen LogP) is 2.39. The molecule has 1 amide bonds. The molecule has 1 aromatic carbocycles. The van der Waals surface area contributed by atoms with E-state index < -0.39 is 0 Å². The quantitative estimate of drug-likeness (QED) is 0.283. The van der Waals surface area contributed by atoms with E-state index in [1.165, 1.54) is 11.6 Å². The van der Waals surface area contributed by atoms with Gasteiger partial charge in [-0.1, -0.05) is 12.1 Å². The van der Waals surface area contributed by atoms with Crippen molar-refractivity contribution in [2.24, 2.45) is 0 Å². The van der Waals surface area contributed by atoms with E-state index in [4.69, 9.17) is 19.0 Å². The second kappa shape index (κ2) is 13.7. The summed E-state index contributed by atoms with van der Waals surface area (Å²) in [4.78, 5) is 28.1. The first-order valence-corrected chi connectivity index (χ1v) is 12.1. The predicted molar refractivity (Wildman–Crippen MR) is 130 cm³/mol. The van der Waals surface area contributed by atoms with Crippen molar-refractivity contribution < 1.29 is 23.8 Å². The number of ether oxygens (including phenoxy) is 3. The minimum atomic E-state index is -0.380. The lowest BCUT2D eigenvalue weighted by molar-refractivity contribution is -0.198. The number of hydrogen-bond acceptors (Lipinski definition) is 9. The topological polar surface area (TPSA) is 107 Å². The van der Waals surface area contributed by atoms with Crippen molar-refractivity contribution in [3.05, 3.63) is 54.0 Å². The van der Waals surface area contributed by atoms with Gasteiger partial charge in [0, 0.05) is 38.7 Å². The van der Waals surface area contributed by atoms with Crippen LogP contribution in [0, 0.1) is 0 Å². The van der Waals surface area contributed by atoms with Gasteiger partial charge in [-0.3, -0.25) is 14.7 Å². The molecule has 0 aliphatic carbocycles. The van der Waals surface area contributed by atoms with Crippen molar-refractivity contribution in [3.8, 4) is 5.75 Å². The van der Waals surface area contributed by atoms with Crippen LogP contribution in [0.3, 0.4) is 0 Å². The summed E-state index contributed by atoms with van der Waals surface area (Å²) in [6, 6.07) is 8.21. The van der Waals surface area contributed by atoms with Gasteiger partial charge in [-0.25, -0.2) is 15.3 Å². The van der Waals surface area contributed by atoms with E-state index >= 15 is 0 Å². The van der Waals surface area contributed by atoms with Crippen molar-refractivity contribution in [2.75, 3.05) is 51.4 Å². The largest absolute Gasteiger partial charge is 0.492 e. The fourth-order valence-corrected chi connectivity index (χ4v) is 3.69. The van der Waals surface area contributed by atoms with E-state index in [1.54, 1.807) is 18.5 Å². The van der Waals surface area contributed by atoms with Gasteiger partial charge in [0.15, 0.2) is 6.29 Å². The Hall–Kier alpha value is -3.05. The lowest BCUT2D eigenvalue weighted by Gasteiger charge is -2.26. The number of rotatable bonds is 11. The summed E-state index contributed by atoms with van der Waals surface area (Å²) in [5.74, 6) is 1.09. The highest BCUT2D eigenvalue weighted by Crippen LogP contribution is 2.15. The molecule has 3 heterocycles. The maximum Gasteiger partial charge on any atom is 0.267 e. The first-order chi connectivity index (χ1) is 17.2. The molecule has 1 unspecified atom stereocenters. The van der Waals surface area contributed by atoms with Crippen LogP contribution in [0.25, 0.3) is 6.08 Å². The van der Waals surface area contributed by atoms with E-state index in [-0.39, 0.29) is 12.2 Å². The van der Waals surface area contributed by atoms with Gasteiger partial charge in [-0.05, 0) is 36.6 Å². The summed E-state index contributed by atoms with van der Waals surface area (Å²) in [6.07, 6.45) is 8.57. The third-order valence-corrected chi connectivity index (χ3v) is 5.62. The number of nitrogens with one attached hydrogen (secondary N) is 2. The van der Waals surface area contributed by atoms with Gasteiger partial charge < -0.3 is 19.5 Å². The number of hydroxylamine groups is 1. The monoisotopic (exact) mass is 483 g/mol. The van der Waals surface area contributed by atoms with Gasteiger partial charge in [0.2, 0.25) is 0 Å². The molecule has 0 bridgehead atoms. The average Bonchev–Trinajstić information content (AvgIpc) is 2.91. The van der Waals surface area contributed by atoms with Crippen LogP contribution in [0.2, 0.25) is 0 Å². The normalized spacial score (nSPS) is 18.9. The third-order valence-electron chi connectivity index (χ3n) is 5.62. The Labute approximate surface area is 205 Å². The Morgan fingerprint density at radius 3 is 2.71 bits per heavy atom. The number of morpholine rings is 1. The molecule has 1 atom stereocenters. The summed E-state index contributed by atoms with van der Waals surface area (Å²) in [6.45, 7) is 6.24. The molecule has 2 aromatic rings. The molecule has 2 N–H and O–H groups in total. The van der Waals surface area contributed by atoms with E-state index in [2.05, 4.69) is 37.8 Å². The molecule has 0 spiro atoms. The lowest BCUT2D eigenvalue weighted by atomic mass is 10.2. The summed E-state index contributed by atoms with van der Waals surface area (Å²) in [7, 11) is 0. The Morgan fingerprint density at radius 2 is 1.97 bits per heavy atom. The lowest BCUT2D eigenvalue weighted by Crippen LogP contribution is -2.35. The molecule has 2 aliphatic heterocycles. The first kappa shape index (κ1) is 25.1. The molecule has 2 saturated heterocycles. The van der Waals surface area contributed by atoms with Crippen LogP contribution < -0.4 is 15.5 Å². The van der Waals surface area contributed by atoms with Crippen LogP contribution in [0.15, 0.2) is 42.7 Å². The molecule has 4 rings (SSSR count). The van der Waals surface area contributed by atoms with Crippen LogP contribution in [0.1, 0.15) is 30.5 Å². The van der Waals surface area contributed by atoms with Gasteiger partial charge in [0.25, 0.3) is 5.91 Å². The molecule has 2 fully saturated rings. The number of aromatic nitrogens is 2. The van der Waals surface area contributed by atoms with Gasteiger partial charge >= 0.3 is 0 Å². The Kier molecular flexibility index (Phi) is 9.84. The third kappa shape index (κ3) is 8.91. The van der Waals surface area contributed by atoms with Crippen LogP contribution in [0.4, 0.5) is 5.82 Å². The molecular weight excluding hydrogens is 450 g/mol. The van der Waals surface area contributed by atoms with Crippen molar-refractivity contribution in [1.82, 2.24) is 20.3 Å². The molecule has 1 aromatic heterocycles. The first-order valence-electron chi connectivity index (χ1n) is 12.1. The SMILES string of the molecule is O=C(C=Cc1cnc(NCCOc2ccc(CN3CCOCC3)cc2)cn1)NOC1CCCCO1. The summed E-state index contributed by atoms with van der Waals surface area (Å²) in [5.41, 5.74) is 4.20. The maximum atomic E-state index is 11.9. The second-order valence-electron chi connectivity index (χ2n) is 8.35. The van der Waals surface area contributed by atoms with Gasteiger partial charge in [0.1, 0.15) is 18.2 Å². The second-order valence-corrected chi connectivity index (χ2v) is 8.35. The maximum absolute atomic E-state index is 11.9. The van der Waals surface area contributed by atoms with Crippen LogP contribution in [0.5, 0.6) is 5.75 Å². The van der Waals surface area contributed by atoms with Crippen LogP contribution in [-0.4, -0.2) is 73.1 Å². The standard InChI is InChI=1S/C25H33N5O5/c31-24(29-35-25-3-1-2-13-34-25)9-6-21-17-28-23(18-27-21)26-10-14-33-22-7-4-20(5-8-22)19-30-11-15-32-16-12-30/h4-9,17-18,25H,1-3,10-16,19H2,(H,26,28)(H,29,31). The zero-order valence-corrected chi connectivity index (χ0v) is 19.9. The van der Waals surface area contributed by atoms with E-state index in [0.717, 1.165) is 57.9 Å². The molecule has 0 saturated carbocycles. The van der Waals surface area contributed by atoms with Crippen LogP contribution in [-0.2, 0) is 25.7 Å². The number of anilines is 1. The van der Waals surface area contributed by atoms with Gasteiger partial charge in [-0.2, -0.15) is 0 Å². The molecule has 0 radical (unpaired) electrons. The van der Waals surface area contributed by atoms with Crippen LogP contribution >= 0.6 is 0 Å². The number of carbonyl (C=O) groups excluding carboxylic acids is 1. The Morgan fingerprint density at radius 1 is 1.11 bits per heavy atom. The zero-order chi connectivity index (χ0) is 24.1. The van der Waals surface area contributed by atoms with Crippen molar-refractivity contribution in [1.29, 1.82) is 0 Å². The molecule has 10 heteroatoms. The minimum absolute atomic E-state index is 0.380. The highest BCUT2D eigenvalue weighted by molar-refractivity contribution is 5.90. The summed E-state index contributed by atoms with van der Waals surface area (Å²) >= 11 is 0. The number of amides is 1. The average molecular weight is 484 g/mol. The fourth-order valence-electron chi connectivity index (χ4n) is 3.69. The summed E-state index contributed by atoms with van der Waals surface area (Å²) < 4.78 is 16.6. The highest BCUT2D eigenvalue weighted by atomic mass is 16.8. The number of benzene rings is 1. The molecule has 2 aliphatic rings. The van der Waals surface area contributed by atoms with Gasteiger partial charge in [-0.15, -0.1) is 0 Å². The summed E-state index contributed by atoms with van der Waals surface area (Å²) in [5, 5.41) is 3.17. The van der Waals surface area contributed by atoms with Crippen molar-refractivity contribution in [3.63, 3.8) is 0 Å². The smallest absolute Gasteiger partial charge is 0.267 e. The minimum Gasteiger partial charge on any atom is -0.492 e. The number of hydrogen-bond donors (Lipinski definition) is 2. The number of carbonyl (C=O) groups is 1. The van der Waals surface area contributed by atoms with Gasteiger partial charge in [0.05, 0.1) is 37.8 Å². The molecule has 35 heavy (non-hydrogen) atoms. The van der Waals surface area contributed by atoms with Crippen molar-refractivity contribution in [2.45, 2.75) is 32.1 Å².